The highest BCUT2D eigenvalue weighted by molar-refractivity contribution is 9.11. The second-order valence-corrected chi connectivity index (χ2v) is 2.75. The Hall–Kier alpha value is -0.310. The predicted octanol–water partition coefficient (Wildman–Crippen LogP) is 2.02. The molecule has 0 aliphatic carbocycles. The van der Waals surface area contributed by atoms with Crippen LogP contribution in [0.25, 0.3) is 0 Å². The van der Waals surface area contributed by atoms with Crippen LogP contribution in [0.4, 0.5) is 4.39 Å². The summed E-state index contributed by atoms with van der Waals surface area (Å²) < 4.78 is 13.1. The van der Waals surface area contributed by atoms with E-state index in [9.17, 15) is 4.39 Å². The van der Waals surface area contributed by atoms with Gasteiger partial charge in [0.15, 0.2) is 0 Å². The smallest absolute Gasteiger partial charge is 0.123 e. The first kappa shape index (κ1) is 6.81. The summed E-state index contributed by atoms with van der Waals surface area (Å²) in [5.41, 5.74) is 0. The molecule has 1 heterocycles. The van der Waals surface area contributed by atoms with E-state index in [0.717, 1.165) is 4.61 Å². The molecule has 1 aliphatic rings. The number of likely N-dealkylation sites (N-methyl/N-ethyl adjacent to an activating group) is 1. The maximum absolute atomic E-state index is 12.3. The quantitative estimate of drug-likeness (QED) is 0.530. The third-order valence-corrected chi connectivity index (χ3v) is 2.02. The second kappa shape index (κ2) is 2.52. The topological polar surface area (TPSA) is 3.24 Å². The van der Waals surface area contributed by atoms with Crippen LogP contribution in [-0.2, 0) is 0 Å². The van der Waals surface area contributed by atoms with Gasteiger partial charge in [-0.15, -0.1) is 0 Å². The molecule has 0 aromatic heterocycles. The molecular weight excluding hydrogens is 185 g/mol. The highest BCUT2D eigenvalue weighted by Crippen LogP contribution is 2.18. The first-order valence-corrected chi connectivity index (χ1v) is 3.43. The van der Waals surface area contributed by atoms with Crippen LogP contribution in [0.2, 0.25) is 0 Å². The molecule has 0 N–H and O–H groups in total. The highest BCUT2D eigenvalue weighted by atomic mass is 79.9. The monoisotopic (exact) mass is 191 g/mol. The van der Waals surface area contributed by atoms with Gasteiger partial charge in [-0.2, -0.15) is 0 Å². The molecule has 0 atom stereocenters. The molecule has 0 radical (unpaired) electrons. The lowest BCUT2D eigenvalue weighted by atomic mass is 10.3. The van der Waals surface area contributed by atoms with Gasteiger partial charge in [-0.3, -0.25) is 0 Å². The molecule has 0 unspecified atom stereocenters. The Balaban J connectivity index is 2.74. The van der Waals surface area contributed by atoms with Crippen molar-refractivity contribution < 1.29 is 4.39 Å². The summed E-state index contributed by atoms with van der Waals surface area (Å²) in [7, 11) is 1.89. The summed E-state index contributed by atoms with van der Waals surface area (Å²) >= 11 is 3.20. The molecule has 1 aliphatic heterocycles. The van der Waals surface area contributed by atoms with E-state index in [1.54, 1.807) is 0 Å². The van der Waals surface area contributed by atoms with Gasteiger partial charge in [-0.25, -0.2) is 4.39 Å². The summed E-state index contributed by atoms with van der Waals surface area (Å²) in [6.45, 7) is 0.642. The summed E-state index contributed by atoms with van der Waals surface area (Å²) in [5, 5.41) is 0. The molecule has 0 spiro atoms. The van der Waals surface area contributed by atoms with Crippen molar-refractivity contribution in [1.29, 1.82) is 0 Å². The lowest BCUT2D eigenvalue weighted by Gasteiger charge is -2.18. The molecule has 1 rings (SSSR count). The van der Waals surface area contributed by atoms with Gasteiger partial charge in [0.05, 0.1) is 4.61 Å². The minimum absolute atomic E-state index is 0.167. The molecular formula is C6H7BrFN. The zero-order valence-electron chi connectivity index (χ0n) is 5.06. The van der Waals surface area contributed by atoms with Crippen molar-refractivity contribution in [3.8, 4) is 0 Å². The van der Waals surface area contributed by atoms with Crippen LogP contribution in [0.5, 0.6) is 0 Å². The number of allylic oxidation sites excluding steroid dienone is 2. The first-order valence-electron chi connectivity index (χ1n) is 2.64. The summed E-state index contributed by atoms with van der Waals surface area (Å²) in [4.78, 5) is 1.91. The normalized spacial score (nSPS) is 19.2. The number of nitrogens with zero attached hydrogens (tertiary/aromatic N) is 1. The SMILES string of the molecule is CN1CC=C(F)C=C1Br. The van der Waals surface area contributed by atoms with Crippen LogP contribution in [-0.4, -0.2) is 18.5 Å². The standard InChI is InChI=1S/C6H7BrFN/c1-9-3-2-5(8)4-6(9)7/h2,4H,3H2,1H3. The summed E-state index contributed by atoms with van der Waals surface area (Å²) in [6, 6.07) is 0. The first-order chi connectivity index (χ1) is 4.20. The van der Waals surface area contributed by atoms with Gasteiger partial charge in [0.1, 0.15) is 5.83 Å². The van der Waals surface area contributed by atoms with E-state index in [-0.39, 0.29) is 5.83 Å². The zero-order chi connectivity index (χ0) is 6.85. The highest BCUT2D eigenvalue weighted by Gasteiger charge is 2.05. The predicted molar refractivity (Wildman–Crippen MR) is 38.8 cm³/mol. The molecule has 0 fully saturated rings. The number of rotatable bonds is 0. The van der Waals surface area contributed by atoms with Gasteiger partial charge in [0, 0.05) is 19.7 Å². The zero-order valence-corrected chi connectivity index (χ0v) is 6.65. The van der Waals surface area contributed by atoms with Gasteiger partial charge in [0.25, 0.3) is 0 Å². The molecule has 1 nitrogen and oxygen atoms in total. The fourth-order valence-corrected chi connectivity index (χ4v) is 0.958. The molecule has 0 bridgehead atoms. The van der Waals surface area contributed by atoms with E-state index in [1.807, 2.05) is 11.9 Å². The molecule has 3 heteroatoms. The average molecular weight is 192 g/mol. The number of hydrogen-bond acceptors (Lipinski definition) is 1. The van der Waals surface area contributed by atoms with E-state index in [1.165, 1.54) is 12.2 Å². The maximum Gasteiger partial charge on any atom is 0.123 e. The van der Waals surface area contributed by atoms with Crippen molar-refractivity contribution in [2.24, 2.45) is 0 Å². The van der Waals surface area contributed by atoms with Gasteiger partial charge < -0.3 is 4.90 Å². The average Bonchev–Trinajstić information content (AvgIpc) is 1.80. The van der Waals surface area contributed by atoms with Crippen LogP contribution in [0.1, 0.15) is 0 Å². The molecule has 0 aromatic carbocycles. The van der Waals surface area contributed by atoms with E-state index in [2.05, 4.69) is 15.9 Å². The van der Waals surface area contributed by atoms with Crippen molar-refractivity contribution in [2.75, 3.05) is 13.6 Å². The van der Waals surface area contributed by atoms with Crippen molar-refractivity contribution in [3.05, 3.63) is 22.6 Å². The maximum atomic E-state index is 12.3. The van der Waals surface area contributed by atoms with Crippen LogP contribution in [0, 0.1) is 0 Å². The third-order valence-electron chi connectivity index (χ3n) is 1.18. The molecule has 0 saturated heterocycles. The Labute approximate surface area is 62.0 Å². The van der Waals surface area contributed by atoms with Gasteiger partial charge in [-0.1, -0.05) is 0 Å². The summed E-state index contributed by atoms with van der Waals surface area (Å²) in [5.74, 6) is -0.167. The van der Waals surface area contributed by atoms with E-state index < -0.39 is 0 Å². The lowest BCUT2D eigenvalue weighted by Crippen LogP contribution is -2.16. The van der Waals surface area contributed by atoms with Gasteiger partial charge in [0.2, 0.25) is 0 Å². The fraction of sp³-hybridized carbons (Fsp3) is 0.333. The van der Waals surface area contributed by atoms with Gasteiger partial charge >= 0.3 is 0 Å². The largest absolute Gasteiger partial charge is 0.365 e. The summed E-state index contributed by atoms with van der Waals surface area (Å²) in [6.07, 6.45) is 2.98. The molecule has 50 valence electrons. The Kier molecular flexibility index (Phi) is 1.90. The molecule has 0 saturated carbocycles. The Bertz CT molecular complexity index is 174. The van der Waals surface area contributed by atoms with Crippen LogP contribution >= 0.6 is 15.9 Å². The Morgan fingerprint density at radius 3 is 2.89 bits per heavy atom. The van der Waals surface area contributed by atoms with Crippen LogP contribution < -0.4 is 0 Å². The fourth-order valence-electron chi connectivity index (χ4n) is 0.594. The third kappa shape index (κ3) is 1.55. The molecule has 0 amide bonds. The minimum atomic E-state index is -0.167. The lowest BCUT2D eigenvalue weighted by molar-refractivity contribution is 0.478. The van der Waals surface area contributed by atoms with Crippen molar-refractivity contribution in [1.82, 2.24) is 4.90 Å². The van der Waals surface area contributed by atoms with Crippen LogP contribution in [0.3, 0.4) is 0 Å². The van der Waals surface area contributed by atoms with Crippen molar-refractivity contribution >= 4 is 15.9 Å². The van der Waals surface area contributed by atoms with E-state index in [0.29, 0.717) is 6.54 Å². The van der Waals surface area contributed by atoms with Gasteiger partial charge in [-0.05, 0) is 22.0 Å². The number of hydrogen-bond donors (Lipinski definition) is 0. The van der Waals surface area contributed by atoms with E-state index in [4.69, 9.17) is 0 Å². The molecule has 9 heavy (non-hydrogen) atoms. The second-order valence-electron chi connectivity index (χ2n) is 1.94. The minimum Gasteiger partial charge on any atom is -0.365 e. The Morgan fingerprint density at radius 1 is 1.78 bits per heavy atom. The van der Waals surface area contributed by atoms with Crippen LogP contribution in [0.15, 0.2) is 22.6 Å². The van der Waals surface area contributed by atoms with E-state index >= 15 is 0 Å². The van der Waals surface area contributed by atoms with Crippen molar-refractivity contribution in [2.45, 2.75) is 0 Å². The van der Waals surface area contributed by atoms with Crippen molar-refractivity contribution in [3.63, 3.8) is 0 Å². The Morgan fingerprint density at radius 2 is 2.44 bits per heavy atom. The number of halogens is 2. The molecule has 0 aromatic rings.